The van der Waals surface area contributed by atoms with Crippen LogP contribution in [0.4, 0.5) is 5.69 Å². The minimum Gasteiger partial charge on any atom is -0.504 e. The number of amides is 1. The Kier molecular flexibility index (Phi) is 5.49. The fourth-order valence-corrected chi connectivity index (χ4v) is 2.27. The van der Waals surface area contributed by atoms with Crippen LogP contribution >= 0.6 is 0 Å². The van der Waals surface area contributed by atoms with Crippen LogP contribution in [0, 0.1) is 6.92 Å². The summed E-state index contributed by atoms with van der Waals surface area (Å²) in [4.78, 5) is 23.7. The van der Waals surface area contributed by atoms with Gasteiger partial charge < -0.3 is 25.4 Å². The molecule has 4 N–H and O–H groups in total. The Morgan fingerprint density at radius 3 is 2.48 bits per heavy atom. The minimum atomic E-state index is -0.612. The number of phenolic OH excluding ortho intramolecular Hbond substituents is 3. The van der Waals surface area contributed by atoms with Crippen molar-refractivity contribution in [1.29, 1.82) is 0 Å². The highest BCUT2D eigenvalue weighted by Gasteiger charge is 2.14. The van der Waals surface area contributed by atoms with Gasteiger partial charge in [0.15, 0.2) is 11.5 Å². The van der Waals surface area contributed by atoms with Crippen LogP contribution in [0.3, 0.4) is 0 Å². The van der Waals surface area contributed by atoms with Gasteiger partial charge in [0.1, 0.15) is 0 Å². The molecule has 0 bridgehead atoms. The second kappa shape index (κ2) is 7.57. The molecule has 2 rings (SSSR count). The summed E-state index contributed by atoms with van der Waals surface area (Å²) >= 11 is 0. The lowest BCUT2D eigenvalue weighted by molar-refractivity contribution is -0.116. The normalized spacial score (nSPS) is 10.3. The summed E-state index contributed by atoms with van der Waals surface area (Å²) in [7, 11) is 1.28. The third kappa shape index (κ3) is 4.20. The van der Waals surface area contributed by atoms with Crippen LogP contribution in [0.25, 0.3) is 0 Å². The average molecular weight is 345 g/mol. The highest BCUT2D eigenvalue weighted by atomic mass is 16.5. The molecule has 0 aliphatic heterocycles. The molecule has 0 aliphatic carbocycles. The number of carbonyl (C=O) groups excluding carboxylic acids is 2. The summed E-state index contributed by atoms with van der Waals surface area (Å²) in [6.07, 6.45) is 0.209. The molecule has 1 amide bonds. The van der Waals surface area contributed by atoms with Crippen LogP contribution in [0.15, 0.2) is 30.3 Å². The van der Waals surface area contributed by atoms with E-state index in [1.165, 1.54) is 25.3 Å². The van der Waals surface area contributed by atoms with E-state index < -0.39 is 23.2 Å². The van der Waals surface area contributed by atoms with Crippen molar-refractivity contribution >= 4 is 17.6 Å². The smallest absolute Gasteiger partial charge is 0.337 e. The van der Waals surface area contributed by atoms with E-state index >= 15 is 0 Å². The standard InChI is InChI=1S/C18H19NO6/c1-10-3-4-12(18(24)25-2)9-13(10)19-15(21)8-6-11-5-7-14(20)17(23)16(11)22/h3-5,7,9,20,22-23H,6,8H2,1-2H3,(H,19,21). The Bertz CT molecular complexity index is 815. The van der Waals surface area contributed by atoms with E-state index in [9.17, 15) is 24.9 Å². The topological polar surface area (TPSA) is 116 Å². The molecule has 0 aromatic heterocycles. The zero-order valence-electron chi connectivity index (χ0n) is 13.9. The molecule has 0 radical (unpaired) electrons. The van der Waals surface area contributed by atoms with Crippen LogP contribution in [0.2, 0.25) is 0 Å². The summed E-state index contributed by atoms with van der Waals surface area (Å²) in [5.74, 6) is -2.31. The van der Waals surface area contributed by atoms with Gasteiger partial charge in [-0.3, -0.25) is 4.79 Å². The number of aryl methyl sites for hydroxylation is 2. The summed E-state index contributed by atoms with van der Waals surface area (Å²) in [5, 5.41) is 31.2. The van der Waals surface area contributed by atoms with Gasteiger partial charge in [0.05, 0.1) is 12.7 Å². The van der Waals surface area contributed by atoms with Gasteiger partial charge in [0, 0.05) is 12.1 Å². The minimum absolute atomic E-state index is 0.0413. The SMILES string of the molecule is COC(=O)c1ccc(C)c(NC(=O)CCc2ccc(O)c(O)c2O)c1. The van der Waals surface area contributed by atoms with Gasteiger partial charge in [-0.1, -0.05) is 12.1 Å². The third-order valence-corrected chi connectivity index (χ3v) is 3.77. The van der Waals surface area contributed by atoms with Gasteiger partial charge in [-0.2, -0.15) is 0 Å². The van der Waals surface area contributed by atoms with E-state index in [-0.39, 0.29) is 18.7 Å². The molecule has 7 nitrogen and oxygen atoms in total. The van der Waals surface area contributed by atoms with Gasteiger partial charge in [0.25, 0.3) is 0 Å². The van der Waals surface area contributed by atoms with Crippen LogP contribution < -0.4 is 5.32 Å². The fourth-order valence-electron chi connectivity index (χ4n) is 2.27. The second-order valence-corrected chi connectivity index (χ2v) is 5.51. The molecule has 0 unspecified atom stereocenters. The van der Waals surface area contributed by atoms with Crippen molar-refractivity contribution in [2.45, 2.75) is 19.8 Å². The van der Waals surface area contributed by atoms with Crippen molar-refractivity contribution < 1.29 is 29.6 Å². The number of carbonyl (C=O) groups is 2. The largest absolute Gasteiger partial charge is 0.504 e. The van der Waals surface area contributed by atoms with Crippen molar-refractivity contribution in [3.05, 3.63) is 47.0 Å². The van der Waals surface area contributed by atoms with Gasteiger partial charge in [0.2, 0.25) is 11.7 Å². The van der Waals surface area contributed by atoms with E-state index in [1.807, 2.05) is 0 Å². The predicted octanol–water partition coefficient (Wildman–Crippen LogP) is 2.47. The van der Waals surface area contributed by atoms with E-state index in [1.54, 1.807) is 19.1 Å². The lowest BCUT2D eigenvalue weighted by atomic mass is 10.1. The quantitative estimate of drug-likeness (QED) is 0.489. The molecule has 25 heavy (non-hydrogen) atoms. The number of benzene rings is 2. The number of phenols is 3. The lowest BCUT2D eigenvalue weighted by Crippen LogP contribution is -2.14. The lowest BCUT2D eigenvalue weighted by Gasteiger charge is -2.11. The molecule has 132 valence electrons. The number of ether oxygens (including phenoxy) is 1. The summed E-state index contributed by atoms with van der Waals surface area (Å²) in [6.45, 7) is 1.79. The maximum absolute atomic E-state index is 12.1. The first kappa shape index (κ1) is 18.1. The number of anilines is 1. The van der Waals surface area contributed by atoms with Gasteiger partial charge in [-0.25, -0.2) is 4.79 Å². The molecule has 0 saturated carbocycles. The number of methoxy groups -OCH3 is 1. The molecule has 0 saturated heterocycles. The van der Waals surface area contributed by atoms with E-state index in [0.29, 0.717) is 16.8 Å². The highest BCUT2D eigenvalue weighted by molar-refractivity contribution is 5.95. The Hall–Kier alpha value is -3.22. The first-order valence-corrected chi connectivity index (χ1v) is 7.55. The van der Waals surface area contributed by atoms with Crippen molar-refractivity contribution in [1.82, 2.24) is 0 Å². The number of rotatable bonds is 5. The maximum Gasteiger partial charge on any atom is 0.337 e. The van der Waals surface area contributed by atoms with Gasteiger partial charge in [-0.15, -0.1) is 0 Å². The summed E-state index contributed by atoms with van der Waals surface area (Å²) < 4.78 is 4.65. The monoisotopic (exact) mass is 345 g/mol. The number of esters is 1. The molecule has 0 fully saturated rings. The second-order valence-electron chi connectivity index (χ2n) is 5.51. The Labute approximate surface area is 144 Å². The van der Waals surface area contributed by atoms with Crippen LogP contribution in [0.1, 0.15) is 27.9 Å². The highest BCUT2D eigenvalue weighted by Crippen LogP contribution is 2.37. The Balaban J connectivity index is 2.06. The number of hydrogen-bond donors (Lipinski definition) is 4. The van der Waals surface area contributed by atoms with Gasteiger partial charge in [-0.05, 0) is 42.7 Å². The fraction of sp³-hybridized carbons (Fsp3) is 0.222. The van der Waals surface area contributed by atoms with E-state index in [4.69, 9.17) is 0 Å². The van der Waals surface area contributed by atoms with Crippen molar-refractivity contribution in [2.24, 2.45) is 0 Å². The summed E-state index contributed by atoms with van der Waals surface area (Å²) in [5.41, 5.74) is 1.94. The zero-order chi connectivity index (χ0) is 18.6. The van der Waals surface area contributed by atoms with Crippen molar-refractivity contribution in [2.75, 3.05) is 12.4 Å². The van der Waals surface area contributed by atoms with Gasteiger partial charge >= 0.3 is 5.97 Å². The first-order valence-electron chi connectivity index (χ1n) is 7.55. The molecular formula is C18H19NO6. The molecule has 0 aliphatic rings. The number of hydrogen-bond acceptors (Lipinski definition) is 6. The van der Waals surface area contributed by atoms with Crippen molar-refractivity contribution in [3.8, 4) is 17.2 Å². The maximum atomic E-state index is 12.1. The number of nitrogens with one attached hydrogen (secondary N) is 1. The van der Waals surface area contributed by atoms with Crippen LogP contribution in [-0.4, -0.2) is 34.3 Å². The zero-order valence-corrected chi connectivity index (χ0v) is 13.9. The molecular weight excluding hydrogens is 326 g/mol. The number of aromatic hydroxyl groups is 3. The average Bonchev–Trinajstić information content (AvgIpc) is 2.60. The van der Waals surface area contributed by atoms with Crippen LogP contribution in [-0.2, 0) is 16.0 Å². The van der Waals surface area contributed by atoms with E-state index in [0.717, 1.165) is 5.56 Å². The Morgan fingerprint density at radius 1 is 1.08 bits per heavy atom. The molecule has 0 atom stereocenters. The molecule has 0 spiro atoms. The molecule has 2 aromatic rings. The summed E-state index contributed by atoms with van der Waals surface area (Å²) in [6, 6.07) is 7.51. The third-order valence-electron chi connectivity index (χ3n) is 3.77. The molecule has 0 heterocycles. The van der Waals surface area contributed by atoms with Crippen molar-refractivity contribution in [3.63, 3.8) is 0 Å². The van der Waals surface area contributed by atoms with E-state index in [2.05, 4.69) is 10.1 Å². The molecule has 2 aromatic carbocycles. The molecule has 7 heteroatoms. The first-order chi connectivity index (χ1) is 11.8. The predicted molar refractivity (Wildman–Crippen MR) is 90.9 cm³/mol. The van der Waals surface area contributed by atoms with Crippen LogP contribution in [0.5, 0.6) is 17.2 Å². The Morgan fingerprint density at radius 2 is 1.80 bits per heavy atom.